The fraction of sp³-hybridized carbons (Fsp3) is 0.444. The number of carbonyl (C=O) groups excluding carboxylic acids is 2. The zero-order chi connectivity index (χ0) is 16.7. The Morgan fingerprint density at radius 3 is 2.74 bits per heavy atom. The Bertz CT molecular complexity index is 569. The average molecular weight is 318 g/mol. The van der Waals surface area contributed by atoms with Gasteiger partial charge in [-0.25, -0.2) is 4.39 Å². The van der Waals surface area contributed by atoms with Crippen LogP contribution in [0.4, 0.5) is 4.39 Å². The number of rotatable bonds is 7. The van der Waals surface area contributed by atoms with Crippen LogP contribution in [-0.4, -0.2) is 35.8 Å². The van der Waals surface area contributed by atoms with Crippen molar-refractivity contribution in [2.75, 3.05) is 13.1 Å². The Balaban J connectivity index is 1.76. The molecule has 0 aromatic heterocycles. The van der Waals surface area contributed by atoms with Gasteiger partial charge in [0.05, 0.1) is 6.04 Å². The summed E-state index contributed by atoms with van der Waals surface area (Å²) in [6.07, 6.45) is 7.58. The Morgan fingerprint density at radius 1 is 1.30 bits per heavy atom. The maximum atomic E-state index is 12.8. The van der Waals surface area contributed by atoms with Crippen LogP contribution in [0.1, 0.15) is 43.0 Å². The average Bonchev–Trinajstić information content (AvgIpc) is 3.01. The highest BCUT2D eigenvalue weighted by molar-refractivity contribution is 5.94. The molecule has 1 N–H and O–H groups in total. The van der Waals surface area contributed by atoms with Crippen LogP contribution in [0.2, 0.25) is 0 Å². The lowest BCUT2D eigenvalue weighted by Crippen LogP contribution is -2.38. The van der Waals surface area contributed by atoms with E-state index in [2.05, 4.69) is 18.3 Å². The zero-order valence-corrected chi connectivity index (χ0v) is 13.4. The first-order chi connectivity index (χ1) is 11.1. The van der Waals surface area contributed by atoms with Gasteiger partial charge in [-0.05, 0) is 30.7 Å². The van der Waals surface area contributed by atoms with E-state index in [0.717, 1.165) is 19.3 Å². The van der Waals surface area contributed by atoms with Gasteiger partial charge in [0.2, 0.25) is 5.91 Å². The minimum atomic E-state index is -0.378. The minimum absolute atomic E-state index is 0.0514. The maximum Gasteiger partial charge on any atom is 0.251 e. The highest BCUT2D eigenvalue weighted by atomic mass is 19.1. The molecule has 1 heterocycles. The molecule has 4 nitrogen and oxygen atoms in total. The van der Waals surface area contributed by atoms with Crippen molar-refractivity contribution in [2.24, 2.45) is 0 Å². The van der Waals surface area contributed by atoms with Crippen LogP contribution < -0.4 is 5.32 Å². The predicted octanol–water partition coefficient (Wildman–Crippen LogP) is 2.90. The van der Waals surface area contributed by atoms with Crippen molar-refractivity contribution in [1.82, 2.24) is 10.2 Å². The number of hydrogen-bond donors (Lipinski definition) is 1. The monoisotopic (exact) mass is 318 g/mol. The van der Waals surface area contributed by atoms with Crippen LogP contribution in [0.25, 0.3) is 0 Å². The largest absolute Gasteiger partial charge is 0.352 e. The van der Waals surface area contributed by atoms with Crippen LogP contribution in [0.15, 0.2) is 36.4 Å². The lowest BCUT2D eigenvalue weighted by Gasteiger charge is -2.24. The summed E-state index contributed by atoms with van der Waals surface area (Å²) >= 11 is 0. The van der Waals surface area contributed by atoms with Gasteiger partial charge in [0.15, 0.2) is 0 Å². The molecule has 1 aromatic carbocycles. The highest BCUT2D eigenvalue weighted by Crippen LogP contribution is 2.16. The number of halogens is 1. The lowest BCUT2D eigenvalue weighted by molar-refractivity contribution is -0.131. The molecule has 1 aliphatic heterocycles. The second-order valence-corrected chi connectivity index (χ2v) is 5.70. The second-order valence-electron chi connectivity index (χ2n) is 5.70. The number of carbonyl (C=O) groups is 2. The van der Waals surface area contributed by atoms with E-state index in [0.29, 0.717) is 12.1 Å². The van der Waals surface area contributed by atoms with Crippen molar-refractivity contribution < 1.29 is 14.0 Å². The standard InChI is InChI=1S/C18H23FN2O2/c1-2-3-5-16-6-4-13-21(16)17(22)11-12-20-18(23)14-7-9-15(19)10-8-14/h4,6-10,16H,2-3,5,11-13H2,1H3,(H,20,23). The molecule has 0 bridgehead atoms. The van der Waals surface area contributed by atoms with Gasteiger partial charge >= 0.3 is 0 Å². The van der Waals surface area contributed by atoms with Crippen molar-refractivity contribution in [1.29, 1.82) is 0 Å². The molecule has 5 heteroatoms. The lowest BCUT2D eigenvalue weighted by atomic mass is 10.1. The number of hydrogen-bond acceptors (Lipinski definition) is 2. The van der Waals surface area contributed by atoms with Gasteiger partial charge < -0.3 is 10.2 Å². The van der Waals surface area contributed by atoms with Crippen LogP contribution in [0.3, 0.4) is 0 Å². The Labute approximate surface area is 136 Å². The maximum absolute atomic E-state index is 12.8. The summed E-state index contributed by atoms with van der Waals surface area (Å²) in [6, 6.07) is 5.54. The number of nitrogens with zero attached hydrogens (tertiary/aromatic N) is 1. The van der Waals surface area contributed by atoms with E-state index in [9.17, 15) is 14.0 Å². The molecule has 0 fully saturated rings. The normalized spacial score (nSPS) is 16.6. The first-order valence-corrected chi connectivity index (χ1v) is 8.11. The molecule has 0 spiro atoms. The van der Waals surface area contributed by atoms with E-state index in [4.69, 9.17) is 0 Å². The third-order valence-electron chi connectivity index (χ3n) is 3.97. The van der Waals surface area contributed by atoms with Gasteiger partial charge in [0, 0.05) is 25.1 Å². The van der Waals surface area contributed by atoms with Gasteiger partial charge in [0.25, 0.3) is 5.91 Å². The van der Waals surface area contributed by atoms with Crippen molar-refractivity contribution >= 4 is 11.8 Å². The summed E-state index contributed by atoms with van der Waals surface area (Å²) in [7, 11) is 0. The summed E-state index contributed by atoms with van der Waals surface area (Å²) in [5.74, 6) is -0.619. The van der Waals surface area contributed by atoms with Crippen molar-refractivity contribution in [3.63, 3.8) is 0 Å². The molecule has 124 valence electrons. The molecule has 0 aliphatic carbocycles. The van der Waals surface area contributed by atoms with Gasteiger partial charge in [0.1, 0.15) is 5.82 Å². The van der Waals surface area contributed by atoms with Crippen LogP contribution in [0.5, 0.6) is 0 Å². The van der Waals surface area contributed by atoms with Gasteiger partial charge in [-0.2, -0.15) is 0 Å². The zero-order valence-electron chi connectivity index (χ0n) is 13.4. The molecule has 1 unspecified atom stereocenters. The number of benzene rings is 1. The smallest absolute Gasteiger partial charge is 0.251 e. The van der Waals surface area contributed by atoms with Crippen molar-refractivity contribution in [2.45, 2.75) is 38.6 Å². The topological polar surface area (TPSA) is 49.4 Å². The molecule has 2 rings (SSSR count). The summed E-state index contributed by atoms with van der Waals surface area (Å²) < 4.78 is 12.8. The number of amides is 2. The second kappa shape index (κ2) is 8.46. The van der Waals surface area contributed by atoms with E-state index in [-0.39, 0.29) is 36.6 Å². The van der Waals surface area contributed by atoms with Crippen molar-refractivity contribution in [3.05, 3.63) is 47.8 Å². The van der Waals surface area contributed by atoms with E-state index in [1.165, 1.54) is 24.3 Å². The Morgan fingerprint density at radius 2 is 2.04 bits per heavy atom. The SMILES string of the molecule is CCCCC1C=CCN1C(=O)CCNC(=O)c1ccc(F)cc1. The predicted molar refractivity (Wildman–Crippen MR) is 87.5 cm³/mol. The molecule has 0 saturated heterocycles. The quantitative estimate of drug-likeness (QED) is 0.786. The minimum Gasteiger partial charge on any atom is -0.352 e. The van der Waals surface area contributed by atoms with E-state index in [1.54, 1.807) is 0 Å². The van der Waals surface area contributed by atoms with Gasteiger partial charge in [-0.3, -0.25) is 9.59 Å². The van der Waals surface area contributed by atoms with Crippen molar-refractivity contribution in [3.8, 4) is 0 Å². The van der Waals surface area contributed by atoms with Crippen LogP contribution in [-0.2, 0) is 4.79 Å². The molecule has 2 amide bonds. The molecule has 1 aromatic rings. The molecule has 1 atom stereocenters. The third kappa shape index (κ3) is 4.91. The fourth-order valence-corrected chi connectivity index (χ4v) is 2.65. The molecule has 23 heavy (non-hydrogen) atoms. The van der Waals surface area contributed by atoms with Gasteiger partial charge in [-0.15, -0.1) is 0 Å². The van der Waals surface area contributed by atoms with Crippen LogP contribution >= 0.6 is 0 Å². The highest BCUT2D eigenvalue weighted by Gasteiger charge is 2.23. The molecular formula is C18H23FN2O2. The summed E-state index contributed by atoms with van der Waals surface area (Å²) in [5, 5.41) is 2.70. The van der Waals surface area contributed by atoms with E-state index < -0.39 is 0 Å². The molecular weight excluding hydrogens is 295 g/mol. The fourth-order valence-electron chi connectivity index (χ4n) is 2.65. The molecule has 0 radical (unpaired) electrons. The van der Waals surface area contributed by atoms with E-state index >= 15 is 0 Å². The molecule has 1 aliphatic rings. The first kappa shape index (κ1) is 17.2. The molecule has 0 saturated carbocycles. The Kier molecular flexibility index (Phi) is 6.32. The van der Waals surface area contributed by atoms with Gasteiger partial charge in [-0.1, -0.05) is 31.9 Å². The van der Waals surface area contributed by atoms with E-state index in [1.807, 2.05) is 11.0 Å². The summed E-state index contributed by atoms with van der Waals surface area (Å²) in [6.45, 7) is 3.07. The van der Waals surface area contributed by atoms with Crippen LogP contribution in [0, 0.1) is 5.82 Å². The number of nitrogens with one attached hydrogen (secondary N) is 1. The number of unbranched alkanes of at least 4 members (excludes halogenated alkanes) is 1. The summed E-state index contributed by atoms with van der Waals surface area (Å²) in [4.78, 5) is 26.0. The Hall–Kier alpha value is -2.17. The summed E-state index contributed by atoms with van der Waals surface area (Å²) in [5.41, 5.74) is 0.391. The third-order valence-corrected chi connectivity index (χ3v) is 3.97. The first-order valence-electron chi connectivity index (χ1n) is 8.11.